The topological polar surface area (TPSA) is 22.1 Å². The molecule has 0 aliphatic carbocycles. The molecule has 0 N–H and O–H groups in total. The van der Waals surface area contributed by atoms with Gasteiger partial charge in [0.05, 0.1) is 5.02 Å². The van der Waals surface area contributed by atoms with Crippen LogP contribution in [0.4, 0.5) is 0 Å². The molecule has 20 heavy (non-hydrogen) atoms. The summed E-state index contributed by atoms with van der Waals surface area (Å²) in [7, 11) is 0. The van der Waals surface area contributed by atoms with E-state index in [1.54, 1.807) is 6.20 Å². The Kier molecular flexibility index (Phi) is 3.77. The van der Waals surface area contributed by atoms with Gasteiger partial charge in [-0.05, 0) is 42.0 Å². The van der Waals surface area contributed by atoms with Crippen LogP contribution in [0.2, 0.25) is 10.0 Å². The van der Waals surface area contributed by atoms with E-state index in [1.165, 1.54) is 0 Å². The Morgan fingerprint density at radius 2 is 1.90 bits per heavy atom. The molecule has 0 fully saturated rings. The number of pyridine rings is 1. The molecule has 1 heterocycles. The average Bonchev–Trinajstić information content (AvgIpc) is 2.47. The van der Waals surface area contributed by atoms with Gasteiger partial charge in [0.1, 0.15) is 17.9 Å². The first kappa shape index (κ1) is 13.2. The molecule has 4 heteroatoms. The fraction of sp³-hybridized carbons (Fsp3) is 0.0625. The van der Waals surface area contributed by atoms with Crippen LogP contribution in [0.25, 0.3) is 10.9 Å². The fourth-order valence-corrected chi connectivity index (χ4v) is 2.44. The van der Waals surface area contributed by atoms with E-state index in [0.717, 1.165) is 16.5 Å². The molecule has 2 nitrogen and oxygen atoms in total. The molecule has 100 valence electrons. The minimum absolute atomic E-state index is 0.438. The molecule has 0 saturated heterocycles. The number of aromatic nitrogens is 1. The third-order valence-corrected chi connectivity index (χ3v) is 3.53. The van der Waals surface area contributed by atoms with Crippen molar-refractivity contribution in [2.75, 3.05) is 0 Å². The van der Waals surface area contributed by atoms with Crippen molar-refractivity contribution >= 4 is 34.1 Å². The zero-order chi connectivity index (χ0) is 13.9. The van der Waals surface area contributed by atoms with Crippen LogP contribution < -0.4 is 4.74 Å². The third-order valence-electron chi connectivity index (χ3n) is 2.96. The molecular weight excluding hydrogens is 293 g/mol. The quantitative estimate of drug-likeness (QED) is 0.670. The summed E-state index contributed by atoms with van der Waals surface area (Å²) in [6.07, 6.45) is 1.73. The molecule has 2 aromatic carbocycles. The largest absolute Gasteiger partial charge is 0.487 e. The number of halogens is 2. The highest BCUT2D eigenvalue weighted by molar-refractivity contribution is 6.35. The predicted molar refractivity (Wildman–Crippen MR) is 82.5 cm³/mol. The molecule has 0 spiro atoms. The normalized spacial score (nSPS) is 10.7. The minimum atomic E-state index is 0.438. The minimum Gasteiger partial charge on any atom is -0.487 e. The highest BCUT2D eigenvalue weighted by Crippen LogP contribution is 2.30. The molecule has 0 radical (unpaired) electrons. The molecule has 3 aromatic rings. The molecule has 3 rings (SSSR count). The Morgan fingerprint density at radius 3 is 2.75 bits per heavy atom. The first-order chi connectivity index (χ1) is 9.74. The van der Waals surface area contributed by atoms with E-state index in [0.29, 0.717) is 22.4 Å². The van der Waals surface area contributed by atoms with E-state index >= 15 is 0 Å². The van der Waals surface area contributed by atoms with Gasteiger partial charge in [-0.15, -0.1) is 0 Å². The Balaban J connectivity index is 1.90. The Hall–Kier alpha value is -1.77. The van der Waals surface area contributed by atoms with Crippen molar-refractivity contribution in [1.29, 1.82) is 0 Å². The Morgan fingerprint density at radius 1 is 1.00 bits per heavy atom. The van der Waals surface area contributed by atoms with Gasteiger partial charge < -0.3 is 4.74 Å². The summed E-state index contributed by atoms with van der Waals surface area (Å²) < 4.78 is 5.84. The second-order valence-electron chi connectivity index (χ2n) is 4.36. The van der Waals surface area contributed by atoms with Gasteiger partial charge >= 0.3 is 0 Å². The number of hydrogen-bond acceptors (Lipinski definition) is 2. The van der Waals surface area contributed by atoms with Crippen LogP contribution in [0.1, 0.15) is 5.56 Å². The zero-order valence-electron chi connectivity index (χ0n) is 10.5. The first-order valence-electron chi connectivity index (χ1n) is 6.14. The molecule has 1 aromatic heterocycles. The van der Waals surface area contributed by atoms with Gasteiger partial charge in [0, 0.05) is 16.6 Å². The summed E-state index contributed by atoms with van der Waals surface area (Å²) >= 11 is 12.1. The van der Waals surface area contributed by atoms with Crippen LogP contribution in [0, 0.1) is 0 Å². The van der Waals surface area contributed by atoms with Crippen LogP contribution in [0.15, 0.2) is 54.7 Å². The summed E-state index contributed by atoms with van der Waals surface area (Å²) in [4.78, 5) is 4.34. The zero-order valence-corrected chi connectivity index (χ0v) is 12.0. The summed E-state index contributed by atoms with van der Waals surface area (Å²) in [6.45, 7) is 0.438. The third kappa shape index (κ3) is 2.72. The molecule has 0 unspecified atom stereocenters. The summed E-state index contributed by atoms with van der Waals surface area (Å²) in [5, 5.41) is 2.26. The van der Waals surface area contributed by atoms with E-state index in [-0.39, 0.29) is 0 Å². The van der Waals surface area contributed by atoms with Crippen molar-refractivity contribution in [3.05, 3.63) is 70.3 Å². The first-order valence-corrected chi connectivity index (χ1v) is 6.90. The van der Waals surface area contributed by atoms with Gasteiger partial charge in [-0.25, -0.2) is 0 Å². The predicted octanol–water partition coefficient (Wildman–Crippen LogP) is 5.12. The molecule has 0 amide bonds. The smallest absolute Gasteiger partial charge is 0.146 e. The van der Waals surface area contributed by atoms with E-state index in [2.05, 4.69) is 4.98 Å². The van der Waals surface area contributed by atoms with E-state index in [9.17, 15) is 0 Å². The Bertz CT molecular complexity index is 758. The lowest BCUT2D eigenvalue weighted by molar-refractivity contribution is 0.309. The van der Waals surface area contributed by atoms with Crippen molar-refractivity contribution in [1.82, 2.24) is 4.98 Å². The maximum Gasteiger partial charge on any atom is 0.146 e. The second-order valence-corrected chi connectivity index (χ2v) is 5.21. The molecule has 0 aliphatic rings. The van der Waals surface area contributed by atoms with Crippen LogP contribution in [0.5, 0.6) is 5.75 Å². The fourth-order valence-electron chi connectivity index (χ4n) is 2.02. The van der Waals surface area contributed by atoms with Gasteiger partial charge in [0.15, 0.2) is 0 Å². The van der Waals surface area contributed by atoms with Crippen molar-refractivity contribution in [3.8, 4) is 5.75 Å². The van der Waals surface area contributed by atoms with Gasteiger partial charge in [-0.3, -0.25) is 4.98 Å². The summed E-state index contributed by atoms with van der Waals surface area (Å²) in [5.74, 6) is 0.713. The van der Waals surface area contributed by atoms with E-state index in [4.69, 9.17) is 27.9 Å². The maximum atomic E-state index is 6.15. The highest BCUT2D eigenvalue weighted by Gasteiger charge is 2.07. The van der Waals surface area contributed by atoms with Crippen LogP contribution in [-0.4, -0.2) is 4.98 Å². The molecule has 0 aliphatic heterocycles. The standard InChI is InChI=1S/C16H11Cl2NO/c17-12-4-1-3-11(9-12)10-20-15-7-6-14(18)13-5-2-8-19-16(13)15/h1-9H,10H2. The van der Waals surface area contributed by atoms with Crippen molar-refractivity contribution in [2.45, 2.75) is 6.61 Å². The molecular formula is C16H11Cl2NO. The highest BCUT2D eigenvalue weighted by atomic mass is 35.5. The maximum absolute atomic E-state index is 6.15. The van der Waals surface area contributed by atoms with Gasteiger partial charge in [0.25, 0.3) is 0 Å². The lowest BCUT2D eigenvalue weighted by atomic mass is 10.2. The van der Waals surface area contributed by atoms with Crippen LogP contribution >= 0.6 is 23.2 Å². The van der Waals surface area contributed by atoms with Gasteiger partial charge in [-0.2, -0.15) is 0 Å². The number of ether oxygens (including phenoxy) is 1. The van der Waals surface area contributed by atoms with Crippen LogP contribution in [-0.2, 0) is 6.61 Å². The molecule has 0 saturated carbocycles. The van der Waals surface area contributed by atoms with Crippen molar-refractivity contribution in [3.63, 3.8) is 0 Å². The number of hydrogen-bond donors (Lipinski definition) is 0. The number of fused-ring (bicyclic) bond motifs is 1. The average molecular weight is 304 g/mol. The van der Waals surface area contributed by atoms with E-state index < -0.39 is 0 Å². The Labute approximate surface area is 126 Å². The van der Waals surface area contributed by atoms with Crippen LogP contribution in [0.3, 0.4) is 0 Å². The SMILES string of the molecule is Clc1cccc(COc2ccc(Cl)c3cccnc23)c1. The second kappa shape index (κ2) is 5.70. The summed E-state index contributed by atoms with van der Waals surface area (Å²) in [5.41, 5.74) is 1.78. The summed E-state index contributed by atoms with van der Waals surface area (Å²) in [6, 6.07) is 15.0. The van der Waals surface area contributed by atoms with E-state index in [1.807, 2.05) is 48.5 Å². The monoisotopic (exact) mass is 303 g/mol. The molecule has 0 bridgehead atoms. The van der Waals surface area contributed by atoms with Crippen molar-refractivity contribution < 1.29 is 4.74 Å². The number of nitrogens with zero attached hydrogens (tertiary/aromatic N) is 1. The van der Waals surface area contributed by atoms with Gasteiger partial charge in [-0.1, -0.05) is 35.3 Å². The van der Waals surface area contributed by atoms with Crippen molar-refractivity contribution in [2.24, 2.45) is 0 Å². The lowest BCUT2D eigenvalue weighted by Crippen LogP contribution is -1.96. The number of benzene rings is 2. The van der Waals surface area contributed by atoms with Gasteiger partial charge in [0.2, 0.25) is 0 Å². The molecule has 0 atom stereocenters. The lowest BCUT2D eigenvalue weighted by Gasteiger charge is -2.09. The number of rotatable bonds is 3.